The molecule has 0 saturated carbocycles. The van der Waals surface area contributed by atoms with Crippen LogP contribution in [0.15, 0.2) is 30.3 Å². The van der Waals surface area contributed by atoms with Crippen molar-refractivity contribution in [1.82, 2.24) is 4.90 Å². The van der Waals surface area contributed by atoms with Gasteiger partial charge in [0.05, 0.1) is 0 Å². The standard InChI is InChI=1S/C10H8N2O4/c11-7-12(6-9(13)14)10(15)16-8-4-2-1-3-5-8/h1-5H,6H2,(H,13,14). The fourth-order valence-electron chi connectivity index (χ4n) is 0.920. The van der Waals surface area contributed by atoms with Gasteiger partial charge in [-0.15, -0.1) is 0 Å². The summed E-state index contributed by atoms with van der Waals surface area (Å²) in [7, 11) is 0. The van der Waals surface area contributed by atoms with Crippen molar-refractivity contribution in [2.24, 2.45) is 0 Å². The van der Waals surface area contributed by atoms with Gasteiger partial charge in [0.25, 0.3) is 0 Å². The lowest BCUT2D eigenvalue weighted by atomic mass is 10.3. The average Bonchev–Trinajstić information content (AvgIpc) is 2.26. The van der Waals surface area contributed by atoms with Gasteiger partial charge in [0.1, 0.15) is 12.3 Å². The van der Waals surface area contributed by atoms with Crippen molar-refractivity contribution in [3.05, 3.63) is 30.3 Å². The van der Waals surface area contributed by atoms with Crippen molar-refractivity contribution in [2.45, 2.75) is 0 Å². The summed E-state index contributed by atoms with van der Waals surface area (Å²) in [6, 6.07) is 8.08. The van der Waals surface area contributed by atoms with Gasteiger partial charge in [-0.05, 0) is 12.1 Å². The Morgan fingerprint density at radius 2 is 2.00 bits per heavy atom. The molecule has 0 spiro atoms. The number of amides is 1. The number of ether oxygens (including phenoxy) is 1. The van der Waals surface area contributed by atoms with Crippen molar-refractivity contribution < 1.29 is 19.4 Å². The molecular weight excluding hydrogens is 212 g/mol. The molecule has 1 aromatic rings. The lowest BCUT2D eigenvalue weighted by Crippen LogP contribution is -2.33. The topological polar surface area (TPSA) is 90.6 Å². The second-order valence-electron chi connectivity index (χ2n) is 2.76. The molecule has 0 aromatic heterocycles. The number of rotatable bonds is 3. The first-order chi connectivity index (χ1) is 7.63. The maximum absolute atomic E-state index is 11.3. The van der Waals surface area contributed by atoms with E-state index in [1.165, 1.54) is 18.3 Å². The van der Waals surface area contributed by atoms with Crippen molar-refractivity contribution >= 4 is 12.1 Å². The molecule has 1 rings (SSSR count). The predicted octanol–water partition coefficient (Wildman–Crippen LogP) is 1.05. The Kier molecular flexibility index (Phi) is 3.86. The van der Waals surface area contributed by atoms with E-state index in [-0.39, 0.29) is 5.75 Å². The normalized spacial score (nSPS) is 8.94. The summed E-state index contributed by atoms with van der Waals surface area (Å²) in [6.07, 6.45) is 0.414. The molecule has 1 amide bonds. The molecule has 0 heterocycles. The Balaban J connectivity index is 2.64. The van der Waals surface area contributed by atoms with Crippen LogP contribution in [-0.2, 0) is 4.79 Å². The molecule has 0 saturated heterocycles. The van der Waals surface area contributed by atoms with Crippen molar-refractivity contribution in [3.8, 4) is 11.9 Å². The van der Waals surface area contributed by atoms with E-state index in [0.717, 1.165) is 0 Å². The highest BCUT2D eigenvalue weighted by molar-refractivity contribution is 5.79. The maximum Gasteiger partial charge on any atom is 0.429 e. The monoisotopic (exact) mass is 220 g/mol. The van der Waals surface area contributed by atoms with Gasteiger partial charge in [0.15, 0.2) is 6.19 Å². The summed E-state index contributed by atoms with van der Waals surface area (Å²) in [5.41, 5.74) is 0. The number of hydrogen-bond acceptors (Lipinski definition) is 4. The zero-order valence-corrected chi connectivity index (χ0v) is 8.16. The fraction of sp³-hybridized carbons (Fsp3) is 0.100. The second kappa shape index (κ2) is 5.36. The van der Waals surface area contributed by atoms with E-state index in [2.05, 4.69) is 0 Å². The average molecular weight is 220 g/mol. The van der Waals surface area contributed by atoms with Crippen LogP contribution in [0.25, 0.3) is 0 Å². The molecule has 6 nitrogen and oxygen atoms in total. The van der Waals surface area contributed by atoms with Crippen molar-refractivity contribution in [2.75, 3.05) is 6.54 Å². The number of carbonyl (C=O) groups is 2. The maximum atomic E-state index is 11.3. The van der Waals surface area contributed by atoms with Crippen LogP contribution < -0.4 is 4.74 Å². The molecule has 1 aromatic carbocycles. The highest BCUT2D eigenvalue weighted by atomic mass is 16.6. The molecule has 1 N–H and O–H groups in total. The van der Waals surface area contributed by atoms with Gasteiger partial charge in [0, 0.05) is 0 Å². The molecule has 0 aliphatic heterocycles. The van der Waals surface area contributed by atoms with E-state index in [0.29, 0.717) is 4.90 Å². The van der Waals surface area contributed by atoms with E-state index in [1.54, 1.807) is 18.2 Å². The van der Waals surface area contributed by atoms with E-state index < -0.39 is 18.6 Å². The van der Waals surface area contributed by atoms with Crippen LogP contribution in [-0.4, -0.2) is 28.6 Å². The van der Waals surface area contributed by atoms with Gasteiger partial charge in [-0.2, -0.15) is 5.26 Å². The Hall–Kier alpha value is -2.55. The second-order valence-corrected chi connectivity index (χ2v) is 2.76. The minimum absolute atomic E-state index is 0.248. The Morgan fingerprint density at radius 1 is 1.38 bits per heavy atom. The third-order valence-electron chi connectivity index (χ3n) is 1.58. The molecule has 0 aliphatic carbocycles. The SMILES string of the molecule is N#CN(CC(=O)O)C(=O)Oc1ccccc1. The van der Waals surface area contributed by atoms with Crippen LogP contribution in [0.3, 0.4) is 0 Å². The number of nitriles is 1. The summed E-state index contributed by atoms with van der Waals surface area (Å²) in [4.78, 5) is 22.0. The summed E-state index contributed by atoms with van der Waals surface area (Å²) < 4.78 is 4.77. The highest BCUT2D eigenvalue weighted by Gasteiger charge is 2.18. The van der Waals surface area contributed by atoms with Gasteiger partial charge in [-0.1, -0.05) is 18.2 Å². The van der Waals surface area contributed by atoms with Crippen LogP contribution >= 0.6 is 0 Å². The fourth-order valence-corrected chi connectivity index (χ4v) is 0.920. The molecule has 0 bridgehead atoms. The number of benzene rings is 1. The smallest absolute Gasteiger partial charge is 0.429 e. The molecule has 0 fully saturated rings. The summed E-state index contributed by atoms with van der Waals surface area (Å²) >= 11 is 0. The number of carboxylic acids is 1. The molecule has 16 heavy (non-hydrogen) atoms. The molecule has 0 atom stereocenters. The van der Waals surface area contributed by atoms with Crippen LogP contribution in [0.4, 0.5) is 4.79 Å². The molecule has 0 aliphatic rings. The van der Waals surface area contributed by atoms with E-state index in [1.807, 2.05) is 0 Å². The summed E-state index contributed by atoms with van der Waals surface area (Å²) in [6.45, 7) is -0.720. The zero-order valence-electron chi connectivity index (χ0n) is 8.16. The molecule has 82 valence electrons. The first kappa shape index (κ1) is 11.5. The first-order valence-corrected chi connectivity index (χ1v) is 4.29. The lowest BCUT2D eigenvalue weighted by molar-refractivity contribution is -0.137. The van der Waals surface area contributed by atoms with Gasteiger partial charge >= 0.3 is 12.1 Å². The van der Waals surface area contributed by atoms with E-state index in [9.17, 15) is 9.59 Å². The van der Waals surface area contributed by atoms with Crippen molar-refractivity contribution in [1.29, 1.82) is 5.26 Å². The minimum atomic E-state index is -1.29. The Morgan fingerprint density at radius 3 is 2.50 bits per heavy atom. The molecule has 6 heteroatoms. The van der Waals surface area contributed by atoms with Crippen molar-refractivity contribution in [3.63, 3.8) is 0 Å². The van der Waals surface area contributed by atoms with E-state index >= 15 is 0 Å². The number of hydrogen-bond donors (Lipinski definition) is 1. The van der Waals surface area contributed by atoms with Crippen LogP contribution in [0.2, 0.25) is 0 Å². The number of carboxylic acid groups (broad SMARTS) is 1. The number of nitrogens with zero attached hydrogens (tertiary/aromatic N) is 2. The molecule has 0 radical (unpaired) electrons. The molecular formula is C10H8N2O4. The largest absolute Gasteiger partial charge is 0.480 e. The molecule has 0 unspecified atom stereocenters. The number of para-hydroxylation sites is 1. The van der Waals surface area contributed by atoms with Crippen LogP contribution in [0.1, 0.15) is 0 Å². The van der Waals surface area contributed by atoms with Crippen LogP contribution in [0, 0.1) is 11.5 Å². The third-order valence-corrected chi connectivity index (χ3v) is 1.58. The number of aliphatic carboxylic acids is 1. The Labute approximate surface area is 91.3 Å². The van der Waals surface area contributed by atoms with Gasteiger partial charge < -0.3 is 9.84 Å². The van der Waals surface area contributed by atoms with Crippen LogP contribution in [0.5, 0.6) is 5.75 Å². The Bertz CT molecular complexity index is 424. The van der Waals surface area contributed by atoms with Gasteiger partial charge in [-0.3, -0.25) is 4.79 Å². The lowest BCUT2D eigenvalue weighted by Gasteiger charge is -2.10. The van der Waals surface area contributed by atoms with Gasteiger partial charge in [-0.25, -0.2) is 9.69 Å². The quantitative estimate of drug-likeness (QED) is 0.607. The van der Waals surface area contributed by atoms with E-state index in [4.69, 9.17) is 15.1 Å². The predicted molar refractivity (Wildman–Crippen MR) is 52.4 cm³/mol. The summed E-state index contributed by atoms with van der Waals surface area (Å²) in [5, 5.41) is 17.0. The minimum Gasteiger partial charge on any atom is -0.480 e. The summed E-state index contributed by atoms with van der Waals surface area (Å²) in [5.74, 6) is -1.04. The van der Waals surface area contributed by atoms with Gasteiger partial charge in [0.2, 0.25) is 0 Å². The number of carbonyl (C=O) groups excluding carboxylic acids is 1. The highest BCUT2D eigenvalue weighted by Crippen LogP contribution is 2.09. The first-order valence-electron chi connectivity index (χ1n) is 4.29. The zero-order chi connectivity index (χ0) is 12.0. The third kappa shape index (κ3) is 3.31.